The molecule has 3 heterocycles. The first-order chi connectivity index (χ1) is 12.4. The second-order valence-electron chi connectivity index (χ2n) is 5.48. The number of aromatic nitrogens is 3. The molecular formula is C16H15N5O4S. The molecule has 0 aromatic carbocycles. The van der Waals surface area contributed by atoms with Crippen molar-refractivity contribution in [2.45, 2.75) is 6.92 Å². The lowest BCUT2D eigenvalue weighted by molar-refractivity contribution is -0.134. The van der Waals surface area contributed by atoms with Crippen molar-refractivity contribution >= 4 is 32.7 Å². The number of aliphatic carboxylic acids is 1. The number of anilines is 1. The molecule has 3 aromatic rings. The highest BCUT2D eigenvalue weighted by atomic mass is 32.2. The number of sulfonamides is 1. The summed E-state index contributed by atoms with van der Waals surface area (Å²) in [5.74, 6) is -2.38. The monoisotopic (exact) mass is 373 g/mol. The van der Waals surface area contributed by atoms with Crippen molar-refractivity contribution < 1.29 is 18.3 Å². The lowest BCUT2D eigenvalue weighted by Gasteiger charge is -2.12. The number of rotatable bonds is 6. The Morgan fingerprint density at radius 1 is 1.19 bits per heavy atom. The smallest absolute Gasteiger partial charge is 0.320 e. The van der Waals surface area contributed by atoms with E-state index in [2.05, 4.69) is 20.4 Å². The average Bonchev–Trinajstić information content (AvgIpc) is 2.59. The first kappa shape index (κ1) is 17.7. The zero-order valence-corrected chi connectivity index (χ0v) is 14.5. The number of carboxylic acid groups (broad SMARTS) is 1. The fraction of sp³-hybridized carbons (Fsp3) is 0.125. The van der Waals surface area contributed by atoms with Crippen molar-refractivity contribution in [3.8, 4) is 11.4 Å². The first-order valence-corrected chi connectivity index (χ1v) is 9.16. The van der Waals surface area contributed by atoms with Gasteiger partial charge in [0.1, 0.15) is 5.52 Å². The van der Waals surface area contributed by atoms with Crippen molar-refractivity contribution in [2.75, 3.05) is 11.2 Å². The summed E-state index contributed by atoms with van der Waals surface area (Å²) in [6.07, 6.45) is 3.19. The van der Waals surface area contributed by atoms with Gasteiger partial charge in [0.25, 0.3) is 0 Å². The SMILES string of the molecule is Cc1cccnc1-c1cc2cccnc2c(NNS(=O)(=O)CC(=O)O)n1. The van der Waals surface area contributed by atoms with Gasteiger partial charge in [0.2, 0.25) is 10.0 Å². The molecule has 0 aliphatic rings. The van der Waals surface area contributed by atoms with Crippen molar-refractivity contribution in [1.29, 1.82) is 0 Å². The van der Waals surface area contributed by atoms with Crippen LogP contribution in [0.5, 0.6) is 0 Å². The minimum absolute atomic E-state index is 0.150. The molecule has 134 valence electrons. The molecule has 0 fully saturated rings. The summed E-state index contributed by atoms with van der Waals surface area (Å²) in [7, 11) is -4.08. The van der Waals surface area contributed by atoms with E-state index >= 15 is 0 Å². The molecule has 0 amide bonds. The molecule has 0 saturated carbocycles. The molecular weight excluding hydrogens is 358 g/mol. The van der Waals surface area contributed by atoms with E-state index in [9.17, 15) is 13.2 Å². The van der Waals surface area contributed by atoms with E-state index in [1.54, 1.807) is 30.6 Å². The summed E-state index contributed by atoms with van der Waals surface area (Å²) < 4.78 is 23.5. The number of aryl methyl sites for hydroxylation is 1. The van der Waals surface area contributed by atoms with E-state index in [1.165, 1.54) is 0 Å². The Morgan fingerprint density at radius 3 is 2.65 bits per heavy atom. The summed E-state index contributed by atoms with van der Waals surface area (Å²) in [5, 5.41) is 9.38. The van der Waals surface area contributed by atoms with Gasteiger partial charge in [-0.2, -0.15) is 0 Å². The minimum Gasteiger partial charge on any atom is -0.480 e. The summed E-state index contributed by atoms with van der Waals surface area (Å²) >= 11 is 0. The topological polar surface area (TPSA) is 134 Å². The predicted octanol–water partition coefficient (Wildman–Crippen LogP) is 1.33. The number of nitrogens with zero attached hydrogens (tertiary/aromatic N) is 3. The lowest BCUT2D eigenvalue weighted by atomic mass is 10.1. The van der Waals surface area contributed by atoms with Crippen LogP contribution in [0.4, 0.5) is 5.82 Å². The quantitative estimate of drug-likeness (QED) is 0.551. The van der Waals surface area contributed by atoms with Crippen LogP contribution in [0.1, 0.15) is 5.56 Å². The maximum atomic E-state index is 11.7. The van der Waals surface area contributed by atoms with Gasteiger partial charge in [-0.1, -0.05) is 12.1 Å². The highest BCUT2D eigenvalue weighted by Gasteiger charge is 2.17. The molecule has 0 aliphatic carbocycles. The Labute approximate surface area is 149 Å². The number of carboxylic acids is 1. The molecule has 0 atom stereocenters. The van der Waals surface area contributed by atoms with Crippen molar-refractivity contribution in [3.05, 3.63) is 48.3 Å². The van der Waals surface area contributed by atoms with Gasteiger partial charge in [-0.25, -0.2) is 13.4 Å². The van der Waals surface area contributed by atoms with Gasteiger partial charge >= 0.3 is 5.97 Å². The molecule has 3 aromatic heterocycles. The molecule has 0 unspecified atom stereocenters. The second kappa shape index (κ2) is 7.02. The lowest BCUT2D eigenvalue weighted by Crippen LogP contribution is -2.34. The van der Waals surface area contributed by atoms with E-state index < -0.39 is 21.7 Å². The van der Waals surface area contributed by atoms with Gasteiger partial charge in [0.15, 0.2) is 11.6 Å². The number of hydrazine groups is 1. The normalized spacial score (nSPS) is 11.4. The zero-order chi connectivity index (χ0) is 18.7. The summed E-state index contributed by atoms with van der Waals surface area (Å²) in [4.78, 5) is 25.6. The number of pyridine rings is 3. The maximum absolute atomic E-state index is 11.7. The van der Waals surface area contributed by atoms with Crippen LogP contribution in [0.25, 0.3) is 22.3 Å². The molecule has 9 nitrogen and oxygen atoms in total. The van der Waals surface area contributed by atoms with E-state index in [1.807, 2.05) is 23.9 Å². The van der Waals surface area contributed by atoms with E-state index in [0.29, 0.717) is 16.9 Å². The summed E-state index contributed by atoms with van der Waals surface area (Å²) in [6.45, 7) is 1.89. The van der Waals surface area contributed by atoms with Crippen molar-refractivity contribution in [1.82, 2.24) is 19.8 Å². The number of fused-ring (bicyclic) bond motifs is 1. The number of nitrogens with one attached hydrogen (secondary N) is 2. The fourth-order valence-corrected chi connectivity index (χ4v) is 3.02. The standard InChI is InChI=1S/C16H15N5O4S/c1-10-4-2-6-17-14(10)12-8-11-5-3-7-18-15(11)16(19-12)20-21-26(24,25)9-13(22)23/h2-8,21H,9H2,1H3,(H,19,20)(H,22,23). The molecule has 3 rings (SSSR count). The Bertz CT molecular complexity index is 1080. The van der Waals surface area contributed by atoms with Gasteiger partial charge < -0.3 is 5.11 Å². The van der Waals surface area contributed by atoms with Crippen LogP contribution in [0.2, 0.25) is 0 Å². The molecule has 0 aliphatic heterocycles. The summed E-state index contributed by atoms with van der Waals surface area (Å²) in [5.41, 5.74) is 4.98. The zero-order valence-electron chi connectivity index (χ0n) is 13.7. The van der Waals surface area contributed by atoms with Crippen LogP contribution in [0.15, 0.2) is 42.7 Å². The third-order valence-corrected chi connectivity index (χ3v) is 4.52. The van der Waals surface area contributed by atoms with Crippen LogP contribution >= 0.6 is 0 Å². The number of carbonyl (C=O) groups is 1. The number of hydrogen-bond acceptors (Lipinski definition) is 7. The summed E-state index contributed by atoms with van der Waals surface area (Å²) in [6, 6.07) is 9.05. The van der Waals surface area contributed by atoms with Crippen LogP contribution in [0, 0.1) is 6.92 Å². The Morgan fingerprint density at radius 2 is 1.92 bits per heavy atom. The van der Waals surface area contributed by atoms with Crippen LogP contribution < -0.4 is 10.3 Å². The van der Waals surface area contributed by atoms with E-state index in [0.717, 1.165) is 10.9 Å². The first-order valence-electron chi connectivity index (χ1n) is 7.51. The molecule has 10 heteroatoms. The molecule has 0 radical (unpaired) electrons. The van der Waals surface area contributed by atoms with Gasteiger partial charge in [-0.3, -0.25) is 20.2 Å². The minimum atomic E-state index is -4.08. The predicted molar refractivity (Wildman–Crippen MR) is 95.7 cm³/mol. The molecule has 0 spiro atoms. The van der Waals surface area contributed by atoms with E-state index in [-0.39, 0.29) is 5.82 Å². The van der Waals surface area contributed by atoms with Gasteiger partial charge in [-0.05, 0) is 30.7 Å². The molecule has 0 saturated heterocycles. The highest BCUT2D eigenvalue weighted by molar-refractivity contribution is 7.90. The molecule has 26 heavy (non-hydrogen) atoms. The fourth-order valence-electron chi connectivity index (χ4n) is 2.37. The third-order valence-electron chi connectivity index (χ3n) is 3.48. The van der Waals surface area contributed by atoms with Crippen LogP contribution in [0.3, 0.4) is 0 Å². The Balaban J connectivity index is 2.04. The van der Waals surface area contributed by atoms with Crippen molar-refractivity contribution in [2.24, 2.45) is 0 Å². The Hall–Kier alpha value is -3.11. The number of hydrogen-bond donors (Lipinski definition) is 3. The van der Waals surface area contributed by atoms with Crippen LogP contribution in [-0.2, 0) is 14.8 Å². The van der Waals surface area contributed by atoms with Crippen molar-refractivity contribution in [3.63, 3.8) is 0 Å². The largest absolute Gasteiger partial charge is 0.480 e. The molecule has 0 bridgehead atoms. The highest BCUT2D eigenvalue weighted by Crippen LogP contribution is 2.26. The second-order valence-corrected chi connectivity index (χ2v) is 7.20. The average molecular weight is 373 g/mol. The Kier molecular flexibility index (Phi) is 4.78. The molecule has 3 N–H and O–H groups in total. The van der Waals surface area contributed by atoms with Gasteiger partial charge in [-0.15, -0.1) is 4.83 Å². The van der Waals surface area contributed by atoms with Gasteiger partial charge in [0.05, 0.1) is 11.4 Å². The van der Waals surface area contributed by atoms with Gasteiger partial charge in [0, 0.05) is 17.8 Å². The maximum Gasteiger partial charge on any atom is 0.320 e. The van der Waals surface area contributed by atoms with E-state index in [4.69, 9.17) is 5.11 Å². The van der Waals surface area contributed by atoms with Crippen LogP contribution in [-0.4, -0.2) is 40.2 Å². The third kappa shape index (κ3) is 3.92.